The molecule has 1 saturated heterocycles. The third-order valence-electron chi connectivity index (χ3n) is 4.79. The molecule has 4 amide bonds. The zero-order valence-corrected chi connectivity index (χ0v) is 15.5. The van der Waals surface area contributed by atoms with Gasteiger partial charge in [-0.15, -0.1) is 0 Å². The Kier molecular flexibility index (Phi) is 6.01. The second kappa shape index (κ2) is 8.62. The summed E-state index contributed by atoms with van der Waals surface area (Å²) in [6.45, 7) is 2.11. The summed E-state index contributed by atoms with van der Waals surface area (Å²) >= 11 is 0. The van der Waals surface area contributed by atoms with Crippen molar-refractivity contribution >= 4 is 29.2 Å². The van der Waals surface area contributed by atoms with Gasteiger partial charge in [-0.25, -0.2) is 14.6 Å². The third kappa shape index (κ3) is 3.92. The van der Waals surface area contributed by atoms with Crippen molar-refractivity contribution in [1.82, 2.24) is 0 Å². The second-order valence-electron chi connectivity index (χ2n) is 6.70. The SMILES string of the molecule is CCCCCCC1C(=O)N(c2ccccc2)C(=O)N(c2ccccc2)C1=O. The molecule has 0 aliphatic carbocycles. The number of benzene rings is 2. The Hall–Kier alpha value is -2.95. The van der Waals surface area contributed by atoms with Crippen LogP contribution in [0.5, 0.6) is 0 Å². The van der Waals surface area contributed by atoms with E-state index >= 15 is 0 Å². The first-order valence-corrected chi connectivity index (χ1v) is 9.47. The maximum Gasteiger partial charge on any atom is 0.342 e. The van der Waals surface area contributed by atoms with Crippen LogP contribution in [0.1, 0.15) is 39.0 Å². The van der Waals surface area contributed by atoms with Gasteiger partial charge in [-0.05, 0) is 30.7 Å². The van der Waals surface area contributed by atoms with E-state index in [9.17, 15) is 14.4 Å². The van der Waals surface area contributed by atoms with Crippen LogP contribution in [0.2, 0.25) is 0 Å². The van der Waals surface area contributed by atoms with E-state index < -0.39 is 23.8 Å². The van der Waals surface area contributed by atoms with E-state index in [-0.39, 0.29) is 0 Å². The quantitative estimate of drug-likeness (QED) is 0.525. The highest BCUT2D eigenvalue weighted by Gasteiger charge is 2.46. The number of amides is 4. The summed E-state index contributed by atoms with van der Waals surface area (Å²) in [6, 6.07) is 17.0. The van der Waals surface area contributed by atoms with Crippen molar-refractivity contribution < 1.29 is 14.4 Å². The van der Waals surface area contributed by atoms with Gasteiger partial charge in [0.15, 0.2) is 0 Å². The molecular weight excluding hydrogens is 340 g/mol. The molecule has 140 valence electrons. The Labute approximate surface area is 159 Å². The van der Waals surface area contributed by atoms with E-state index in [0.29, 0.717) is 17.8 Å². The van der Waals surface area contributed by atoms with Crippen molar-refractivity contribution in [3.05, 3.63) is 60.7 Å². The molecular formula is C22H24N2O3. The fraction of sp³-hybridized carbons (Fsp3) is 0.318. The van der Waals surface area contributed by atoms with Crippen molar-refractivity contribution in [1.29, 1.82) is 0 Å². The first-order valence-electron chi connectivity index (χ1n) is 9.47. The number of urea groups is 1. The van der Waals surface area contributed by atoms with Gasteiger partial charge < -0.3 is 0 Å². The van der Waals surface area contributed by atoms with Gasteiger partial charge in [-0.2, -0.15) is 0 Å². The topological polar surface area (TPSA) is 57.7 Å². The molecule has 0 aromatic heterocycles. The average molecular weight is 364 g/mol. The second-order valence-corrected chi connectivity index (χ2v) is 6.70. The largest absolute Gasteiger partial charge is 0.342 e. The molecule has 0 saturated carbocycles. The molecule has 5 heteroatoms. The first kappa shape index (κ1) is 18.8. The molecule has 5 nitrogen and oxygen atoms in total. The summed E-state index contributed by atoms with van der Waals surface area (Å²) in [5.74, 6) is -1.69. The molecule has 0 unspecified atom stereocenters. The number of unbranched alkanes of at least 4 members (excludes halogenated alkanes) is 3. The van der Waals surface area contributed by atoms with Gasteiger partial charge in [0.1, 0.15) is 5.92 Å². The van der Waals surface area contributed by atoms with Crippen molar-refractivity contribution in [2.45, 2.75) is 39.0 Å². The number of carbonyl (C=O) groups excluding carboxylic acids is 3. The summed E-state index contributed by atoms with van der Waals surface area (Å²) in [5, 5.41) is 0. The number of hydrogen-bond acceptors (Lipinski definition) is 3. The fourth-order valence-electron chi connectivity index (χ4n) is 3.36. The lowest BCUT2D eigenvalue weighted by Gasteiger charge is -2.37. The van der Waals surface area contributed by atoms with E-state index in [1.807, 2.05) is 12.1 Å². The molecule has 0 N–H and O–H groups in total. The van der Waals surface area contributed by atoms with Crippen LogP contribution in [0.4, 0.5) is 16.2 Å². The number of rotatable bonds is 7. The number of carbonyl (C=O) groups is 3. The number of hydrogen-bond donors (Lipinski definition) is 0. The lowest BCUT2D eigenvalue weighted by atomic mass is 9.95. The Balaban J connectivity index is 1.95. The number of anilines is 2. The smallest absolute Gasteiger partial charge is 0.273 e. The summed E-state index contributed by atoms with van der Waals surface area (Å²) in [6.07, 6.45) is 4.36. The predicted molar refractivity (Wildman–Crippen MR) is 106 cm³/mol. The van der Waals surface area contributed by atoms with Gasteiger partial charge in [-0.1, -0.05) is 69.0 Å². The van der Waals surface area contributed by atoms with Crippen LogP contribution in [-0.4, -0.2) is 17.8 Å². The van der Waals surface area contributed by atoms with Crippen molar-refractivity contribution in [2.75, 3.05) is 9.80 Å². The minimum atomic E-state index is -0.833. The van der Waals surface area contributed by atoms with E-state index in [2.05, 4.69) is 6.92 Å². The zero-order valence-electron chi connectivity index (χ0n) is 15.5. The van der Waals surface area contributed by atoms with Gasteiger partial charge >= 0.3 is 6.03 Å². The van der Waals surface area contributed by atoms with Crippen molar-refractivity contribution in [3.63, 3.8) is 0 Å². The Bertz CT molecular complexity index is 743. The van der Waals surface area contributed by atoms with Gasteiger partial charge in [-0.3, -0.25) is 9.59 Å². The normalized spacial score (nSPS) is 15.5. The van der Waals surface area contributed by atoms with Crippen molar-refractivity contribution in [3.8, 4) is 0 Å². The minimum absolute atomic E-state index is 0.431. The summed E-state index contributed by atoms with van der Waals surface area (Å²) in [7, 11) is 0. The lowest BCUT2D eigenvalue weighted by molar-refractivity contribution is -0.133. The average Bonchev–Trinajstić information content (AvgIpc) is 2.69. The molecule has 1 aliphatic rings. The molecule has 0 bridgehead atoms. The third-order valence-corrected chi connectivity index (χ3v) is 4.79. The number of imide groups is 2. The monoisotopic (exact) mass is 364 g/mol. The van der Waals surface area contributed by atoms with Crippen LogP contribution in [0, 0.1) is 5.92 Å². The molecule has 1 heterocycles. The van der Waals surface area contributed by atoms with Gasteiger partial charge in [0, 0.05) is 0 Å². The minimum Gasteiger partial charge on any atom is -0.273 e. The number of barbiturate groups is 1. The highest BCUT2D eigenvalue weighted by molar-refractivity contribution is 6.36. The molecule has 2 aromatic rings. The van der Waals surface area contributed by atoms with Crippen LogP contribution in [0.25, 0.3) is 0 Å². The van der Waals surface area contributed by atoms with Gasteiger partial charge in [0.05, 0.1) is 11.4 Å². The van der Waals surface area contributed by atoms with Crippen LogP contribution >= 0.6 is 0 Å². The van der Waals surface area contributed by atoms with E-state index in [0.717, 1.165) is 35.5 Å². The summed E-state index contributed by atoms with van der Waals surface area (Å²) < 4.78 is 0. The summed E-state index contributed by atoms with van der Waals surface area (Å²) in [5.41, 5.74) is 0.971. The molecule has 0 spiro atoms. The Morgan fingerprint density at radius 1 is 0.704 bits per heavy atom. The van der Waals surface area contributed by atoms with E-state index in [4.69, 9.17) is 0 Å². The van der Waals surface area contributed by atoms with Crippen LogP contribution in [-0.2, 0) is 9.59 Å². The maximum absolute atomic E-state index is 13.1. The fourth-order valence-corrected chi connectivity index (χ4v) is 3.36. The standard InChI is InChI=1S/C22H24N2O3/c1-2-3-4-11-16-19-20(25)23(17-12-7-5-8-13-17)22(27)24(21(19)26)18-14-9-6-10-15-18/h5-10,12-15,19H,2-4,11,16H2,1H3. The Morgan fingerprint density at radius 2 is 1.19 bits per heavy atom. The van der Waals surface area contributed by atoms with Crippen LogP contribution < -0.4 is 9.80 Å². The van der Waals surface area contributed by atoms with E-state index in [1.165, 1.54) is 0 Å². The van der Waals surface area contributed by atoms with Crippen LogP contribution in [0.15, 0.2) is 60.7 Å². The molecule has 0 atom stereocenters. The highest BCUT2D eigenvalue weighted by atomic mass is 16.2. The molecule has 27 heavy (non-hydrogen) atoms. The van der Waals surface area contributed by atoms with Crippen molar-refractivity contribution in [2.24, 2.45) is 5.92 Å². The molecule has 1 fully saturated rings. The van der Waals surface area contributed by atoms with Gasteiger partial charge in [0.25, 0.3) is 0 Å². The summed E-state index contributed by atoms with van der Waals surface area (Å²) in [4.78, 5) is 41.4. The molecule has 1 aliphatic heterocycles. The van der Waals surface area contributed by atoms with Crippen LogP contribution in [0.3, 0.4) is 0 Å². The Morgan fingerprint density at radius 3 is 1.63 bits per heavy atom. The molecule has 0 radical (unpaired) electrons. The maximum atomic E-state index is 13.1. The number of nitrogens with zero attached hydrogens (tertiary/aromatic N) is 2. The number of para-hydroxylation sites is 2. The van der Waals surface area contributed by atoms with E-state index in [1.54, 1.807) is 48.5 Å². The predicted octanol–water partition coefficient (Wildman–Crippen LogP) is 4.77. The zero-order chi connectivity index (χ0) is 19.2. The lowest BCUT2D eigenvalue weighted by Crippen LogP contribution is -2.60. The first-order chi connectivity index (χ1) is 13.1. The highest BCUT2D eigenvalue weighted by Crippen LogP contribution is 2.30. The van der Waals surface area contributed by atoms with Gasteiger partial charge in [0.2, 0.25) is 11.8 Å². The molecule has 2 aromatic carbocycles. The molecule has 3 rings (SSSR count).